The lowest BCUT2D eigenvalue weighted by atomic mass is 10.1. The first-order chi connectivity index (χ1) is 20.7. The van der Waals surface area contributed by atoms with Gasteiger partial charge in [-0.3, -0.25) is 9.59 Å². The highest BCUT2D eigenvalue weighted by molar-refractivity contribution is 6.76. The predicted octanol–water partition coefficient (Wildman–Crippen LogP) is 6.29. The summed E-state index contributed by atoms with van der Waals surface area (Å²) < 4.78 is 24.5. The number of rotatable bonds is 16. The molecule has 0 radical (unpaired) electrons. The number of alkyl halides is 2. The first-order valence-corrected chi connectivity index (χ1v) is 19.4. The van der Waals surface area contributed by atoms with Crippen molar-refractivity contribution in [3.05, 3.63) is 41.4 Å². The molecule has 11 nitrogen and oxygen atoms in total. The molecule has 0 aliphatic carbocycles. The van der Waals surface area contributed by atoms with E-state index in [0.29, 0.717) is 30.7 Å². The van der Waals surface area contributed by atoms with Crippen LogP contribution in [-0.4, -0.2) is 67.1 Å². The smallest absolute Gasteiger partial charge is 0.271 e. The van der Waals surface area contributed by atoms with E-state index in [2.05, 4.69) is 50.7 Å². The molecule has 3 rings (SSSR count). The third kappa shape index (κ3) is 9.81. The summed E-state index contributed by atoms with van der Waals surface area (Å²) in [6.07, 6.45) is 3.22. The van der Waals surface area contributed by atoms with Crippen molar-refractivity contribution in [2.75, 3.05) is 11.9 Å². The van der Waals surface area contributed by atoms with E-state index in [4.69, 9.17) is 27.9 Å². The summed E-state index contributed by atoms with van der Waals surface area (Å²) in [5, 5.41) is 17.8. The Morgan fingerprint density at radius 3 is 2.52 bits per heavy atom. The standard InChI is InChI=1S/C29H43Cl2FN8O3Si/c1-8-18(2)40-23(16-33-38-40)29(42)34-22(10-9-11-24(30)31)28(41)36-25-13-12-21(27(32)35-25)26-19(3)37-39(20(26)4)17-43-14-15-44(5,6)7/h12-13,16,18,22,24H,8-11,14-15,17H2,1-7H3,(H,34,42)(H,35,36,41)/t18?,22-/m0/s1. The minimum absolute atomic E-state index is 0.00625. The molecule has 0 aliphatic rings. The number of hydrogen-bond acceptors (Lipinski definition) is 7. The van der Waals surface area contributed by atoms with E-state index < -0.39 is 36.7 Å². The molecular weight excluding hydrogens is 626 g/mol. The van der Waals surface area contributed by atoms with Gasteiger partial charge in [-0.15, -0.1) is 28.3 Å². The van der Waals surface area contributed by atoms with E-state index in [-0.39, 0.29) is 36.3 Å². The number of hydrogen-bond donors (Lipinski definition) is 2. The molecule has 2 atom stereocenters. The van der Waals surface area contributed by atoms with E-state index in [1.165, 1.54) is 16.9 Å². The Balaban J connectivity index is 1.75. The molecule has 44 heavy (non-hydrogen) atoms. The highest BCUT2D eigenvalue weighted by Gasteiger charge is 2.26. The van der Waals surface area contributed by atoms with Gasteiger partial charge in [-0.25, -0.2) is 14.3 Å². The Bertz CT molecular complexity index is 1430. The quantitative estimate of drug-likeness (QED) is 0.0795. The van der Waals surface area contributed by atoms with Crippen LogP contribution in [0.3, 0.4) is 0 Å². The molecule has 0 aliphatic heterocycles. The molecule has 2 N–H and O–H groups in total. The van der Waals surface area contributed by atoms with E-state index >= 15 is 4.39 Å². The first-order valence-electron chi connectivity index (χ1n) is 14.8. The second kappa shape index (κ2) is 15.9. The number of amides is 2. The Kier molecular flexibility index (Phi) is 12.9. The van der Waals surface area contributed by atoms with Crippen molar-refractivity contribution in [3.8, 4) is 11.1 Å². The summed E-state index contributed by atoms with van der Waals surface area (Å²) in [5.41, 5.74) is 2.50. The van der Waals surface area contributed by atoms with Gasteiger partial charge >= 0.3 is 0 Å². The summed E-state index contributed by atoms with van der Waals surface area (Å²) in [6.45, 7) is 15.3. The van der Waals surface area contributed by atoms with Gasteiger partial charge in [0.1, 0.15) is 29.1 Å². The Labute approximate surface area is 269 Å². The van der Waals surface area contributed by atoms with Crippen LogP contribution >= 0.6 is 23.2 Å². The van der Waals surface area contributed by atoms with Crippen LogP contribution in [0.2, 0.25) is 25.7 Å². The number of halogens is 3. The molecule has 0 aromatic carbocycles. The molecule has 3 heterocycles. The number of pyridine rings is 1. The zero-order valence-electron chi connectivity index (χ0n) is 26.5. The van der Waals surface area contributed by atoms with Crippen LogP contribution in [0, 0.1) is 19.8 Å². The third-order valence-corrected chi connectivity index (χ3v) is 9.45. The van der Waals surface area contributed by atoms with Gasteiger partial charge < -0.3 is 15.4 Å². The van der Waals surface area contributed by atoms with Crippen LogP contribution < -0.4 is 10.6 Å². The van der Waals surface area contributed by atoms with Gasteiger partial charge in [-0.05, 0) is 64.6 Å². The van der Waals surface area contributed by atoms with Gasteiger partial charge in [-0.1, -0.05) is 31.8 Å². The maximum Gasteiger partial charge on any atom is 0.271 e. The molecule has 3 aromatic rings. The topological polar surface area (TPSA) is 129 Å². The number of nitrogens with zero attached hydrogens (tertiary/aromatic N) is 6. The van der Waals surface area contributed by atoms with Gasteiger partial charge in [0.15, 0.2) is 0 Å². The van der Waals surface area contributed by atoms with Crippen molar-refractivity contribution in [2.24, 2.45) is 0 Å². The fraction of sp³-hybridized carbons (Fsp3) is 0.586. The van der Waals surface area contributed by atoms with Gasteiger partial charge in [0.05, 0.1) is 17.9 Å². The number of aryl methyl sites for hydroxylation is 1. The van der Waals surface area contributed by atoms with Gasteiger partial charge in [-0.2, -0.15) is 9.49 Å². The Hall–Kier alpha value is -2.87. The maximum atomic E-state index is 15.4. The van der Waals surface area contributed by atoms with E-state index in [1.807, 2.05) is 20.8 Å². The summed E-state index contributed by atoms with van der Waals surface area (Å²) >= 11 is 11.8. The average molecular weight is 670 g/mol. The van der Waals surface area contributed by atoms with E-state index in [0.717, 1.165) is 18.2 Å². The lowest BCUT2D eigenvalue weighted by Gasteiger charge is -2.19. The molecule has 0 saturated heterocycles. The number of carbonyl (C=O) groups excluding carboxylic acids is 2. The SMILES string of the molecule is CCC(C)n1nncc1C(=O)N[C@@H](CCCC(Cl)Cl)C(=O)Nc1ccc(-c2c(C)nn(COCC[Si](C)(C)C)c2C)c(F)n1. The fourth-order valence-electron chi connectivity index (χ4n) is 4.53. The van der Waals surface area contributed by atoms with Crippen molar-refractivity contribution in [3.63, 3.8) is 0 Å². The number of aromatic nitrogens is 6. The molecule has 0 spiro atoms. The van der Waals surface area contributed by atoms with Crippen molar-refractivity contribution in [1.82, 2.24) is 35.1 Å². The van der Waals surface area contributed by atoms with E-state index in [9.17, 15) is 9.59 Å². The van der Waals surface area contributed by atoms with Crippen molar-refractivity contribution >= 4 is 48.9 Å². The van der Waals surface area contributed by atoms with Gasteiger partial charge in [0, 0.05) is 31.5 Å². The van der Waals surface area contributed by atoms with Crippen molar-refractivity contribution < 1.29 is 18.7 Å². The first kappa shape index (κ1) is 35.6. The van der Waals surface area contributed by atoms with Crippen LogP contribution in [0.1, 0.15) is 67.4 Å². The lowest BCUT2D eigenvalue weighted by Crippen LogP contribution is -2.44. The summed E-state index contributed by atoms with van der Waals surface area (Å²) in [7, 11) is -1.22. The summed E-state index contributed by atoms with van der Waals surface area (Å²) in [6, 6.07) is 3.08. The van der Waals surface area contributed by atoms with Gasteiger partial charge in [0.25, 0.3) is 5.91 Å². The molecule has 1 unspecified atom stereocenters. The van der Waals surface area contributed by atoms with Crippen LogP contribution in [0.25, 0.3) is 11.1 Å². The molecule has 2 amide bonds. The highest BCUT2D eigenvalue weighted by atomic mass is 35.5. The van der Waals surface area contributed by atoms with Crippen molar-refractivity contribution in [1.29, 1.82) is 0 Å². The second-order valence-corrected chi connectivity index (χ2v) is 19.0. The van der Waals surface area contributed by atoms with Gasteiger partial charge in [0.2, 0.25) is 11.9 Å². The summed E-state index contributed by atoms with van der Waals surface area (Å²) in [4.78, 5) is 29.8. The minimum Gasteiger partial charge on any atom is -0.360 e. The van der Waals surface area contributed by atoms with E-state index in [1.54, 1.807) is 17.7 Å². The summed E-state index contributed by atoms with van der Waals surface area (Å²) in [5.74, 6) is -1.82. The number of nitrogens with one attached hydrogen (secondary N) is 2. The minimum atomic E-state index is -1.22. The maximum absolute atomic E-state index is 15.4. The molecular formula is C29H43Cl2FN8O3Si. The molecule has 0 saturated carbocycles. The fourth-order valence-corrected chi connectivity index (χ4v) is 5.59. The van der Waals surface area contributed by atoms with Crippen LogP contribution in [-0.2, 0) is 16.3 Å². The number of ether oxygens (including phenoxy) is 1. The molecule has 15 heteroatoms. The van der Waals surface area contributed by atoms with Crippen LogP contribution in [0.4, 0.5) is 10.2 Å². The van der Waals surface area contributed by atoms with Crippen LogP contribution in [0.15, 0.2) is 18.3 Å². The third-order valence-electron chi connectivity index (χ3n) is 7.31. The van der Waals surface area contributed by atoms with Crippen LogP contribution in [0.5, 0.6) is 0 Å². The normalized spacial score (nSPS) is 13.2. The zero-order chi connectivity index (χ0) is 32.6. The Morgan fingerprint density at radius 2 is 1.89 bits per heavy atom. The average Bonchev–Trinajstić information content (AvgIpc) is 3.54. The zero-order valence-corrected chi connectivity index (χ0v) is 29.0. The number of carbonyl (C=O) groups is 2. The number of anilines is 1. The molecule has 3 aromatic heterocycles. The lowest BCUT2D eigenvalue weighted by molar-refractivity contribution is -0.118. The molecule has 0 fully saturated rings. The molecule has 0 bridgehead atoms. The molecule has 242 valence electrons. The van der Waals surface area contributed by atoms with Crippen molar-refractivity contribution in [2.45, 2.75) is 103 Å². The predicted molar refractivity (Wildman–Crippen MR) is 173 cm³/mol. The monoisotopic (exact) mass is 668 g/mol. The second-order valence-electron chi connectivity index (χ2n) is 12.1. The largest absolute Gasteiger partial charge is 0.360 e. The Morgan fingerprint density at radius 1 is 1.16 bits per heavy atom. The highest BCUT2D eigenvalue weighted by Crippen LogP contribution is 2.29.